The highest BCUT2D eigenvalue weighted by atomic mass is 16.5. The maximum Gasteiger partial charge on any atom is 0.254 e. The number of ether oxygens (including phenoxy) is 1. The molecule has 0 saturated carbocycles. The van der Waals surface area contributed by atoms with Gasteiger partial charge in [-0.25, -0.2) is 0 Å². The molecule has 0 aromatic heterocycles. The Kier molecular flexibility index (Phi) is 3.02. The number of amides is 1. The molecule has 1 aromatic carbocycles. The minimum atomic E-state index is -0.00333. The number of nitrogens with zero attached hydrogens (tertiary/aromatic N) is 1. The molecule has 78 valence electrons. The highest BCUT2D eigenvalue weighted by Gasteiger charge is 2.19. The van der Waals surface area contributed by atoms with Crippen LogP contribution in [0.3, 0.4) is 0 Å². The Bertz CT molecular complexity index is 356. The standard InChI is InChI=1S/C12H13NO2/c1-10-4-2-3-5-11(10)12(14)13-6-8-15-9-7-13/h1-5H,6-9H2. The first-order chi connectivity index (χ1) is 7.29. The third-order valence-corrected chi connectivity index (χ3v) is 2.49. The van der Waals surface area contributed by atoms with Gasteiger partial charge >= 0.3 is 0 Å². The van der Waals surface area contributed by atoms with Crippen molar-refractivity contribution in [2.75, 3.05) is 26.3 Å². The zero-order valence-corrected chi connectivity index (χ0v) is 8.48. The molecule has 0 atom stereocenters. The SMILES string of the molecule is [CH]c1ccccc1C(=O)N1CCOCC1. The second-order valence-electron chi connectivity index (χ2n) is 3.49. The van der Waals surface area contributed by atoms with Gasteiger partial charge in [-0.2, -0.15) is 0 Å². The Balaban J connectivity index is 2.16. The van der Waals surface area contributed by atoms with E-state index in [0.717, 1.165) is 0 Å². The zero-order valence-electron chi connectivity index (χ0n) is 8.48. The predicted octanol–water partition coefficient (Wildman–Crippen LogP) is 1.22. The summed E-state index contributed by atoms with van der Waals surface area (Å²) in [5.74, 6) is -0.00333. The van der Waals surface area contributed by atoms with Crippen LogP contribution in [0.5, 0.6) is 0 Å². The quantitative estimate of drug-likeness (QED) is 0.686. The van der Waals surface area contributed by atoms with Crippen molar-refractivity contribution in [1.29, 1.82) is 0 Å². The average molecular weight is 203 g/mol. The predicted molar refractivity (Wildman–Crippen MR) is 56.6 cm³/mol. The molecule has 1 aliphatic heterocycles. The fourth-order valence-corrected chi connectivity index (χ4v) is 1.63. The second kappa shape index (κ2) is 4.45. The van der Waals surface area contributed by atoms with E-state index in [0.29, 0.717) is 37.4 Å². The molecule has 1 aromatic rings. The molecule has 3 heteroatoms. The van der Waals surface area contributed by atoms with Crippen LogP contribution in [-0.2, 0) is 4.74 Å². The van der Waals surface area contributed by atoms with E-state index in [2.05, 4.69) is 0 Å². The number of morpholine rings is 1. The van der Waals surface area contributed by atoms with Gasteiger partial charge in [0, 0.05) is 18.7 Å². The van der Waals surface area contributed by atoms with E-state index in [1.807, 2.05) is 12.1 Å². The summed E-state index contributed by atoms with van der Waals surface area (Å²) in [6.45, 7) is 8.26. The van der Waals surface area contributed by atoms with E-state index in [1.165, 1.54) is 0 Å². The molecule has 0 aliphatic carbocycles. The van der Waals surface area contributed by atoms with Crippen molar-refractivity contribution in [1.82, 2.24) is 4.90 Å². The van der Waals surface area contributed by atoms with E-state index >= 15 is 0 Å². The molecule has 1 heterocycles. The first-order valence-electron chi connectivity index (χ1n) is 5.00. The molecular formula is C12H13NO2. The van der Waals surface area contributed by atoms with Crippen molar-refractivity contribution in [2.24, 2.45) is 0 Å². The summed E-state index contributed by atoms with van der Waals surface area (Å²) in [7, 11) is 0. The van der Waals surface area contributed by atoms with Gasteiger partial charge in [0.2, 0.25) is 0 Å². The Morgan fingerprint density at radius 3 is 2.60 bits per heavy atom. The van der Waals surface area contributed by atoms with Gasteiger partial charge in [-0.15, -0.1) is 0 Å². The minimum Gasteiger partial charge on any atom is -0.378 e. The molecule has 1 fully saturated rings. The van der Waals surface area contributed by atoms with Crippen LogP contribution >= 0.6 is 0 Å². The third kappa shape index (κ3) is 2.18. The average Bonchev–Trinajstić information content (AvgIpc) is 2.30. The lowest BCUT2D eigenvalue weighted by atomic mass is 10.1. The number of benzene rings is 1. The lowest BCUT2D eigenvalue weighted by Crippen LogP contribution is -2.40. The van der Waals surface area contributed by atoms with Crippen LogP contribution in [0, 0.1) is 6.92 Å². The monoisotopic (exact) mass is 203 g/mol. The van der Waals surface area contributed by atoms with Crippen LogP contribution in [0.2, 0.25) is 0 Å². The number of rotatable bonds is 1. The highest BCUT2D eigenvalue weighted by molar-refractivity contribution is 5.96. The topological polar surface area (TPSA) is 29.5 Å². The second-order valence-corrected chi connectivity index (χ2v) is 3.49. The van der Waals surface area contributed by atoms with Crippen molar-refractivity contribution >= 4 is 5.91 Å². The lowest BCUT2D eigenvalue weighted by molar-refractivity contribution is 0.0302. The Labute approximate surface area is 89.7 Å². The van der Waals surface area contributed by atoms with Gasteiger partial charge in [0.25, 0.3) is 5.91 Å². The van der Waals surface area contributed by atoms with E-state index in [-0.39, 0.29) is 5.91 Å². The maximum atomic E-state index is 12.0. The largest absolute Gasteiger partial charge is 0.378 e. The molecule has 2 radical (unpaired) electrons. The first kappa shape index (κ1) is 10.2. The molecule has 3 nitrogen and oxygen atoms in total. The maximum absolute atomic E-state index is 12.0. The van der Waals surface area contributed by atoms with Gasteiger partial charge in [0.15, 0.2) is 0 Å². The fraction of sp³-hybridized carbons (Fsp3) is 0.333. The Morgan fingerprint density at radius 1 is 1.27 bits per heavy atom. The summed E-state index contributed by atoms with van der Waals surface area (Å²) in [6.07, 6.45) is 0. The smallest absolute Gasteiger partial charge is 0.254 e. The summed E-state index contributed by atoms with van der Waals surface area (Å²) in [4.78, 5) is 13.8. The summed E-state index contributed by atoms with van der Waals surface area (Å²) < 4.78 is 5.19. The van der Waals surface area contributed by atoms with Crippen LogP contribution < -0.4 is 0 Å². The summed E-state index contributed by atoms with van der Waals surface area (Å²) in [5.41, 5.74) is 1.12. The molecule has 2 rings (SSSR count). The van der Waals surface area contributed by atoms with Gasteiger partial charge in [-0.1, -0.05) is 18.2 Å². The molecule has 0 N–H and O–H groups in total. The number of hydrogen-bond acceptors (Lipinski definition) is 2. The molecule has 0 bridgehead atoms. The van der Waals surface area contributed by atoms with Crippen LogP contribution in [0.1, 0.15) is 15.9 Å². The van der Waals surface area contributed by atoms with Crippen molar-refractivity contribution < 1.29 is 9.53 Å². The molecule has 0 unspecified atom stereocenters. The molecule has 0 spiro atoms. The summed E-state index contributed by atoms with van der Waals surface area (Å²) in [6, 6.07) is 7.15. The number of carbonyl (C=O) groups is 1. The van der Waals surface area contributed by atoms with Gasteiger partial charge in [0.05, 0.1) is 13.2 Å². The van der Waals surface area contributed by atoms with Crippen molar-refractivity contribution in [3.8, 4) is 0 Å². The molecule has 15 heavy (non-hydrogen) atoms. The van der Waals surface area contributed by atoms with Gasteiger partial charge in [-0.3, -0.25) is 4.79 Å². The molecule has 1 amide bonds. The van der Waals surface area contributed by atoms with Crippen LogP contribution in [0.25, 0.3) is 0 Å². The summed E-state index contributed by atoms with van der Waals surface area (Å²) >= 11 is 0. The molecule has 1 aliphatic rings. The van der Waals surface area contributed by atoms with Crippen molar-refractivity contribution in [3.63, 3.8) is 0 Å². The minimum absolute atomic E-state index is 0.00333. The van der Waals surface area contributed by atoms with Crippen LogP contribution in [0.4, 0.5) is 0 Å². The van der Waals surface area contributed by atoms with E-state index in [4.69, 9.17) is 11.7 Å². The Hall–Kier alpha value is -1.35. The third-order valence-electron chi connectivity index (χ3n) is 2.49. The first-order valence-corrected chi connectivity index (χ1v) is 5.00. The van der Waals surface area contributed by atoms with Gasteiger partial charge in [0.1, 0.15) is 0 Å². The van der Waals surface area contributed by atoms with Crippen LogP contribution in [0.15, 0.2) is 24.3 Å². The highest BCUT2D eigenvalue weighted by Crippen LogP contribution is 2.11. The fourth-order valence-electron chi connectivity index (χ4n) is 1.63. The van der Waals surface area contributed by atoms with Crippen LogP contribution in [-0.4, -0.2) is 37.1 Å². The zero-order chi connectivity index (χ0) is 10.7. The normalized spacial score (nSPS) is 16.5. The van der Waals surface area contributed by atoms with E-state index in [9.17, 15) is 4.79 Å². The van der Waals surface area contributed by atoms with E-state index in [1.54, 1.807) is 17.0 Å². The van der Waals surface area contributed by atoms with Crippen molar-refractivity contribution in [2.45, 2.75) is 0 Å². The molecular weight excluding hydrogens is 190 g/mol. The van der Waals surface area contributed by atoms with E-state index < -0.39 is 0 Å². The lowest BCUT2D eigenvalue weighted by Gasteiger charge is -2.27. The molecule has 1 saturated heterocycles. The van der Waals surface area contributed by atoms with Gasteiger partial charge < -0.3 is 9.64 Å². The van der Waals surface area contributed by atoms with Crippen molar-refractivity contribution in [3.05, 3.63) is 42.3 Å². The summed E-state index contributed by atoms with van der Waals surface area (Å²) in [5, 5.41) is 0. The van der Waals surface area contributed by atoms with Gasteiger partial charge in [-0.05, 0) is 18.6 Å². The number of carbonyl (C=O) groups excluding carboxylic acids is 1. The Morgan fingerprint density at radius 2 is 1.93 bits per heavy atom. The number of hydrogen-bond donors (Lipinski definition) is 0.